The van der Waals surface area contributed by atoms with Crippen molar-refractivity contribution in [3.05, 3.63) is 23.8 Å². The van der Waals surface area contributed by atoms with Crippen molar-refractivity contribution >= 4 is 21.7 Å². The van der Waals surface area contributed by atoms with E-state index in [4.69, 9.17) is 0 Å². The zero-order valence-corrected chi connectivity index (χ0v) is 13.7. The SMILES string of the molecule is CCC(CC)NC(=O)Nc1cc(S(=O)(=O)NC)ccc1C. The third-order valence-corrected chi connectivity index (χ3v) is 4.77. The van der Waals surface area contributed by atoms with Crippen LogP contribution in [-0.4, -0.2) is 27.5 Å². The van der Waals surface area contributed by atoms with Gasteiger partial charge in [-0.3, -0.25) is 0 Å². The lowest BCUT2D eigenvalue weighted by molar-refractivity contribution is 0.247. The van der Waals surface area contributed by atoms with Crippen molar-refractivity contribution < 1.29 is 13.2 Å². The first-order valence-corrected chi connectivity index (χ1v) is 8.44. The van der Waals surface area contributed by atoms with Gasteiger partial charge in [0.15, 0.2) is 0 Å². The fraction of sp³-hybridized carbons (Fsp3) is 0.500. The Morgan fingerprint density at radius 3 is 2.38 bits per heavy atom. The number of amides is 2. The average Bonchev–Trinajstić information content (AvgIpc) is 2.46. The van der Waals surface area contributed by atoms with E-state index in [0.717, 1.165) is 18.4 Å². The molecule has 0 unspecified atom stereocenters. The second-order valence-corrected chi connectivity index (χ2v) is 6.68. The molecule has 0 spiro atoms. The number of carbonyl (C=O) groups excluding carboxylic acids is 1. The third kappa shape index (κ3) is 4.71. The maximum atomic E-state index is 11.9. The van der Waals surface area contributed by atoms with Gasteiger partial charge in [0.05, 0.1) is 4.90 Å². The Labute approximate surface area is 126 Å². The summed E-state index contributed by atoms with van der Waals surface area (Å²) < 4.78 is 25.8. The Kier molecular flexibility index (Phi) is 6.17. The maximum absolute atomic E-state index is 11.9. The molecule has 0 saturated heterocycles. The molecule has 1 aromatic rings. The number of hydrogen-bond acceptors (Lipinski definition) is 3. The van der Waals surface area contributed by atoms with E-state index in [1.165, 1.54) is 19.2 Å². The van der Waals surface area contributed by atoms with Crippen LogP contribution in [0.3, 0.4) is 0 Å². The highest BCUT2D eigenvalue weighted by molar-refractivity contribution is 7.89. The van der Waals surface area contributed by atoms with Gasteiger partial charge in [0.25, 0.3) is 0 Å². The zero-order valence-electron chi connectivity index (χ0n) is 12.9. The van der Waals surface area contributed by atoms with Gasteiger partial charge in [-0.25, -0.2) is 17.9 Å². The van der Waals surface area contributed by atoms with Gasteiger partial charge in [0, 0.05) is 11.7 Å². The summed E-state index contributed by atoms with van der Waals surface area (Å²) in [6.45, 7) is 5.81. The van der Waals surface area contributed by atoms with Crippen LogP contribution in [-0.2, 0) is 10.0 Å². The lowest BCUT2D eigenvalue weighted by Gasteiger charge is -2.16. The number of nitrogens with one attached hydrogen (secondary N) is 3. The van der Waals surface area contributed by atoms with E-state index in [1.807, 2.05) is 20.8 Å². The minimum Gasteiger partial charge on any atom is -0.335 e. The van der Waals surface area contributed by atoms with Crippen molar-refractivity contribution in [1.82, 2.24) is 10.0 Å². The predicted molar refractivity (Wildman–Crippen MR) is 83.9 cm³/mol. The monoisotopic (exact) mass is 313 g/mol. The van der Waals surface area contributed by atoms with E-state index in [-0.39, 0.29) is 17.0 Å². The first-order chi connectivity index (χ1) is 9.83. The van der Waals surface area contributed by atoms with Crippen LogP contribution in [0.4, 0.5) is 10.5 Å². The molecule has 118 valence electrons. The predicted octanol–water partition coefficient (Wildman–Crippen LogP) is 2.21. The van der Waals surface area contributed by atoms with Crippen molar-refractivity contribution in [2.24, 2.45) is 0 Å². The van der Waals surface area contributed by atoms with Crippen molar-refractivity contribution in [2.45, 2.75) is 44.6 Å². The van der Waals surface area contributed by atoms with Crippen molar-refractivity contribution in [3.63, 3.8) is 0 Å². The Morgan fingerprint density at radius 2 is 1.86 bits per heavy atom. The lowest BCUT2D eigenvalue weighted by Crippen LogP contribution is -2.37. The number of sulfonamides is 1. The van der Waals surface area contributed by atoms with E-state index in [2.05, 4.69) is 15.4 Å². The molecule has 0 heterocycles. The molecular formula is C14H23N3O3S. The van der Waals surface area contributed by atoms with Crippen LogP contribution in [0.1, 0.15) is 32.3 Å². The summed E-state index contributed by atoms with van der Waals surface area (Å²) in [6.07, 6.45) is 1.69. The molecule has 0 bridgehead atoms. The first kappa shape index (κ1) is 17.5. The Hall–Kier alpha value is -1.60. The number of carbonyl (C=O) groups is 1. The summed E-state index contributed by atoms with van der Waals surface area (Å²) in [7, 11) is -2.18. The molecule has 7 heteroatoms. The second-order valence-electron chi connectivity index (χ2n) is 4.80. The van der Waals surface area contributed by atoms with E-state index in [0.29, 0.717) is 5.69 Å². The normalized spacial score (nSPS) is 11.5. The summed E-state index contributed by atoms with van der Waals surface area (Å²) in [5.41, 5.74) is 1.28. The van der Waals surface area contributed by atoms with Gasteiger partial charge >= 0.3 is 6.03 Å². The molecule has 0 atom stereocenters. The number of anilines is 1. The Bertz CT molecular complexity index is 595. The molecule has 21 heavy (non-hydrogen) atoms. The summed E-state index contributed by atoms with van der Waals surface area (Å²) in [4.78, 5) is 12.1. The van der Waals surface area contributed by atoms with Gasteiger partial charge in [-0.15, -0.1) is 0 Å². The summed E-state index contributed by atoms with van der Waals surface area (Å²) in [6, 6.07) is 4.40. The standard InChI is InChI=1S/C14H23N3O3S/c1-5-11(6-2)16-14(18)17-13-9-12(8-7-10(13)3)21(19,20)15-4/h7-9,11,15H,5-6H2,1-4H3,(H2,16,17,18). The minimum atomic E-state index is -3.53. The van der Waals surface area contributed by atoms with Crippen LogP contribution in [0, 0.1) is 6.92 Å². The van der Waals surface area contributed by atoms with E-state index >= 15 is 0 Å². The molecule has 0 aliphatic rings. The van der Waals surface area contributed by atoms with Crippen LogP contribution in [0.25, 0.3) is 0 Å². The van der Waals surface area contributed by atoms with Gasteiger partial charge in [-0.1, -0.05) is 19.9 Å². The highest BCUT2D eigenvalue weighted by Crippen LogP contribution is 2.20. The van der Waals surface area contributed by atoms with Gasteiger partial charge < -0.3 is 10.6 Å². The lowest BCUT2D eigenvalue weighted by atomic mass is 10.2. The molecule has 0 fully saturated rings. The third-order valence-electron chi connectivity index (χ3n) is 3.36. The van der Waals surface area contributed by atoms with Gasteiger partial charge in [-0.05, 0) is 44.5 Å². The topological polar surface area (TPSA) is 87.3 Å². The van der Waals surface area contributed by atoms with Crippen LogP contribution >= 0.6 is 0 Å². The van der Waals surface area contributed by atoms with E-state index in [1.54, 1.807) is 6.07 Å². The number of hydrogen-bond donors (Lipinski definition) is 3. The average molecular weight is 313 g/mol. The summed E-state index contributed by atoms with van der Waals surface area (Å²) in [5, 5.41) is 5.55. The van der Waals surface area contributed by atoms with Crippen LogP contribution in [0.15, 0.2) is 23.1 Å². The minimum absolute atomic E-state index is 0.106. The van der Waals surface area contributed by atoms with Crippen molar-refractivity contribution in [1.29, 1.82) is 0 Å². The zero-order chi connectivity index (χ0) is 16.0. The molecule has 3 N–H and O–H groups in total. The summed E-state index contributed by atoms with van der Waals surface area (Å²) >= 11 is 0. The number of benzene rings is 1. The molecule has 0 radical (unpaired) electrons. The molecule has 0 aliphatic heterocycles. The second kappa shape index (κ2) is 7.42. The molecule has 0 aliphatic carbocycles. The van der Waals surface area contributed by atoms with Crippen molar-refractivity contribution in [2.75, 3.05) is 12.4 Å². The fourth-order valence-electron chi connectivity index (χ4n) is 1.86. The molecule has 1 aromatic carbocycles. The molecular weight excluding hydrogens is 290 g/mol. The van der Waals surface area contributed by atoms with Crippen LogP contribution in [0.5, 0.6) is 0 Å². The number of aryl methyl sites for hydroxylation is 1. The van der Waals surface area contributed by atoms with Gasteiger partial charge in [-0.2, -0.15) is 0 Å². The van der Waals surface area contributed by atoms with E-state index in [9.17, 15) is 13.2 Å². The molecule has 1 rings (SSSR count). The Balaban J connectivity index is 2.93. The number of rotatable bonds is 6. The number of urea groups is 1. The molecule has 6 nitrogen and oxygen atoms in total. The molecule has 2 amide bonds. The fourth-order valence-corrected chi connectivity index (χ4v) is 2.61. The van der Waals surface area contributed by atoms with Gasteiger partial charge in [0.1, 0.15) is 0 Å². The highest BCUT2D eigenvalue weighted by atomic mass is 32.2. The quantitative estimate of drug-likeness (QED) is 0.752. The maximum Gasteiger partial charge on any atom is 0.319 e. The summed E-state index contributed by atoms with van der Waals surface area (Å²) in [5.74, 6) is 0. The molecule has 0 aromatic heterocycles. The van der Waals surface area contributed by atoms with E-state index < -0.39 is 10.0 Å². The molecule has 0 saturated carbocycles. The Morgan fingerprint density at radius 1 is 1.24 bits per heavy atom. The largest absolute Gasteiger partial charge is 0.335 e. The highest BCUT2D eigenvalue weighted by Gasteiger charge is 2.15. The first-order valence-electron chi connectivity index (χ1n) is 6.95. The van der Waals surface area contributed by atoms with Crippen LogP contribution < -0.4 is 15.4 Å². The smallest absolute Gasteiger partial charge is 0.319 e. The van der Waals surface area contributed by atoms with Gasteiger partial charge in [0.2, 0.25) is 10.0 Å². The van der Waals surface area contributed by atoms with Crippen LogP contribution in [0.2, 0.25) is 0 Å². The van der Waals surface area contributed by atoms with Crippen molar-refractivity contribution in [3.8, 4) is 0 Å².